The van der Waals surface area contributed by atoms with Crippen molar-refractivity contribution in [2.24, 2.45) is 0 Å². The first-order valence-electron chi connectivity index (χ1n) is 6.97. The predicted molar refractivity (Wildman–Crippen MR) is 80.3 cm³/mol. The Kier molecular flexibility index (Phi) is 8.63. The van der Waals surface area contributed by atoms with Gasteiger partial charge in [-0.15, -0.1) is 0 Å². The minimum Gasteiger partial charge on any atom is -0.492 e. The standard InChI is InChI=1S/C15H24ClNO2/c1-3-13-12-14(6-7-15(13)16)19-11-9-17-8-5-10-18-4-2/h6-7,12,17H,3-5,8-11H2,1-2H3. The molecule has 4 heteroatoms. The van der Waals surface area contributed by atoms with Gasteiger partial charge in [-0.05, 0) is 50.1 Å². The number of benzene rings is 1. The summed E-state index contributed by atoms with van der Waals surface area (Å²) in [6.07, 6.45) is 1.96. The Labute approximate surface area is 121 Å². The molecule has 1 aromatic rings. The molecule has 0 heterocycles. The SMILES string of the molecule is CCOCCCNCCOc1ccc(Cl)c(CC)c1. The molecule has 0 aliphatic carbocycles. The molecule has 0 unspecified atom stereocenters. The molecule has 0 amide bonds. The van der Waals surface area contributed by atoms with Crippen molar-refractivity contribution in [3.05, 3.63) is 28.8 Å². The van der Waals surface area contributed by atoms with E-state index in [-0.39, 0.29) is 0 Å². The molecule has 0 bridgehead atoms. The molecule has 19 heavy (non-hydrogen) atoms. The Balaban J connectivity index is 2.12. The first-order valence-corrected chi connectivity index (χ1v) is 7.35. The highest BCUT2D eigenvalue weighted by Crippen LogP contribution is 2.22. The Morgan fingerprint density at radius 1 is 1.16 bits per heavy atom. The molecule has 0 radical (unpaired) electrons. The quantitative estimate of drug-likeness (QED) is 0.669. The normalized spacial score (nSPS) is 10.7. The van der Waals surface area contributed by atoms with E-state index in [1.807, 2.05) is 25.1 Å². The van der Waals surface area contributed by atoms with E-state index < -0.39 is 0 Å². The Morgan fingerprint density at radius 2 is 2.00 bits per heavy atom. The average Bonchev–Trinajstić information content (AvgIpc) is 2.43. The van der Waals surface area contributed by atoms with Gasteiger partial charge in [0.15, 0.2) is 0 Å². The summed E-state index contributed by atoms with van der Waals surface area (Å²) in [6, 6.07) is 5.82. The highest BCUT2D eigenvalue weighted by Gasteiger charge is 2.00. The maximum atomic E-state index is 6.06. The molecular weight excluding hydrogens is 262 g/mol. The van der Waals surface area contributed by atoms with Gasteiger partial charge in [-0.2, -0.15) is 0 Å². The summed E-state index contributed by atoms with van der Waals surface area (Å²) in [5.41, 5.74) is 1.13. The molecule has 0 fully saturated rings. The summed E-state index contributed by atoms with van der Waals surface area (Å²) in [5.74, 6) is 0.886. The second-order valence-corrected chi connectivity index (χ2v) is 4.66. The van der Waals surface area contributed by atoms with E-state index >= 15 is 0 Å². The summed E-state index contributed by atoms with van der Waals surface area (Å²) in [4.78, 5) is 0. The van der Waals surface area contributed by atoms with Crippen molar-refractivity contribution in [1.82, 2.24) is 5.32 Å². The number of hydrogen-bond acceptors (Lipinski definition) is 3. The lowest BCUT2D eigenvalue weighted by Gasteiger charge is -2.09. The molecule has 0 saturated heterocycles. The fourth-order valence-electron chi connectivity index (χ4n) is 1.72. The Morgan fingerprint density at radius 3 is 2.74 bits per heavy atom. The molecule has 0 saturated carbocycles. The molecule has 0 aliphatic heterocycles. The largest absolute Gasteiger partial charge is 0.492 e. The van der Waals surface area contributed by atoms with Gasteiger partial charge in [-0.25, -0.2) is 0 Å². The predicted octanol–water partition coefficient (Wildman–Crippen LogP) is 3.30. The van der Waals surface area contributed by atoms with E-state index in [4.69, 9.17) is 21.1 Å². The minimum absolute atomic E-state index is 0.666. The molecular formula is C15H24ClNO2. The summed E-state index contributed by atoms with van der Waals surface area (Å²) in [5, 5.41) is 4.13. The van der Waals surface area contributed by atoms with Crippen LogP contribution in [0, 0.1) is 0 Å². The number of ether oxygens (including phenoxy) is 2. The zero-order valence-electron chi connectivity index (χ0n) is 11.9. The minimum atomic E-state index is 0.666. The lowest BCUT2D eigenvalue weighted by molar-refractivity contribution is 0.144. The summed E-state index contributed by atoms with van der Waals surface area (Å²) in [7, 11) is 0. The molecule has 1 N–H and O–H groups in total. The molecule has 108 valence electrons. The van der Waals surface area contributed by atoms with Gasteiger partial charge in [0, 0.05) is 24.8 Å². The van der Waals surface area contributed by atoms with Crippen LogP contribution in [0.25, 0.3) is 0 Å². The molecule has 3 nitrogen and oxygen atoms in total. The van der Waals surface area contributed by atoms with Gasteiger partial charge in [0.25, 0.3) is 0 Å². The topological polar surface area (TPSA) is 30.5 Å². The van der Waals surface area contributed by atoms with Crippen LogP contribution in [-0.4, -0.2) is 32.9 Å². The van der Waals surface area contributed by atoms with Crippen LogP contribution in [0.1, 0.15) is 25.8 Å². The Bertz CT molecular complexity index is 358. The third-order valence-corrected chi connectivity index (χ3v) is 3.16. The lowest BCUT2D eigenvalue weighted by atomic mass is 10.1. The summed E-state index contributed by atoms with van der Waals surface area (Å²) < 4.78 is 10.9. The van der Waals surface area contributed by atoms with E-state index in [2.05, 4.69) is 12.2 Å². The van der Waals surface area contributed by atoms with Crippen molar-refractivity contribution in [1.29, 1.82) is 0 Å². The van der Waals surface area contributed by atoms with E-state index in [1.165, 1.54) is 0 Å². The fraction of sp³-hybridized carbons (Fsp3) is 0.600. The molecule has 1 aromatic carbocycles. The highest BCUT2D eigenvalue weighted by molar-refractivity contribution is 6.31. The molecule has 0 aromatic heterocycles. The van der Waals surface area contributed by atoms with Crippen molar-refractivity contribution >= 4 is 11.6 Å². The van der Waals surface area contributed by atoms with Crippen LogP contribution in [0.2, 0.25) is 5.02 Å². The molecule has 1 rings (SSSR count). The summed E-state index contributed by atoms with van der Waals surface area (Å²) >= 11 is 6.06. The molecule has 0 aliphatic rings. The number of nitrogens with one attached hydrogen (secondary N) is 1. The number of halogens is 1. The van der Waals surface area contributed by atoms with E-state index in [9.17, 15) is 0 Å². The first kappa shape index (κ1) is 16.3. The maximum Gasteiger partial charge on any atom is 0.119 e. The van der Waals surface area contributed by atoms with Crippen LogP contribution < -0.4 is 10.1 Å². The average molecular weight is 286 g/mol. The van der Waals surface area contributed by atoms with Crippen LogP contribution in [0.4, 0.5) is 0 Å². The third kappa shape index (κ3) is 6.81. The van der Waals surface area contributed by atoms with Crippen LogP contribution >= 0.6 is 11.6 Å². The second kappa shape index (κ2) is 10.1. The first-order chi connectivity index (χ1) is 9.27. The fourth-order valence-corrected chi connectivity index (χ4v) is 1.97. The van der Waals surface area contributed by atoms with Crippen LogP contribution in [0.3, 0.4) is 0 Å². The van der Waals surface area contributed by atoms with Gasteiger partial charge in [0.1, 0.15) is 12.4 Å². The number of aryl methyl sites for hydroxylation is 1. The zero-order valence-corrected chi connectivity index (χ0v) is 12.6. The van der Waals surface area contributed by atoms with Crippen molar-refractivity contribution in [3.63, 3.8) is 0 Å². The summed E-state index contributed by atoms with van der Waals surface area (Å²) in [6.45, 7) is 8.18. The van der Waals surface area contributed by atoms with Crippen molar-refractivity contribution in [2.75, 3.05) is 32.9 Å². The van der Waals surface area contributed by atoms with Crippen LogP contribution in [0.15, 0.2) is 18.2 Å². The number of rotatable bonds is 10. The van der Waals surface area contributed by atoms with Crippen LogP contribution in [0.5, 0.6) is 5.75 Å². The smallest absolute Gasteiger partial charge is 0.119 e. The van der Waals surface area contributed by atoms with Gasteiger partial charge in [0.05, 0.1) is 0 Å². The van der Waals surface area contributed by atoms with Gasteiger partial charge in [-0.1, -0.05) is 18.5 Å². The van der Waals surface area contributed by atoms with Crippen molar-refractivity contribution in [3.8, 4) is 5.75 Å². The van der Waals surface area contributed by atoms with E-state index in [0.717, 1.165) is 55.5 Å². The van der Waals surface area contributed by atoms with Gasteiger partial charge in [0.2, 0.25) is 0 Å². The third-order valence-electron chi connectivity index (χ3n) is 2.79. The van der Waals surface area contributed by atoms with Gasteiger partial charge >= 0.3 is 0 Å². The Hall–Kier alpha value is -0.770. The van der Waals surface area contributed by atoms with Crippen molar-refractivity contribution in [2.45, 2.75) is 26.7 Å². The van der Waals surface area contributed by atoms with Gasteiger partial charge < -0.3 is 14.8 Å². The van der Waals surface area contributed by atoms with Crippen LogP contribution in [-0.2, 0) is 11.2 Å². The molecule has 0 spiro atoms. The monoisotopic (exact) mass is 285 g/mol. The highest BCUT2D eigenvalue weighted by atomic mass is 35.5. The number of hydrogen-bond donors (Lipinski definition) is 1. The van der Waals surface area contributed by atoms with E-state index in [0.29, 0.717) is 6.61 Å². The lowest BCUT2D eigenvalue weighted by Crippen LogP contribution is -2.23. The van der Waals surface area contributed by atoms with Crippen molar-refractivity contribution < 1.29 is 9.47 Å². The van der Waals surface area contributed by atoms with Gasteiger partial charge in [-0.3, -0.25) is 0 Å². The van der Waals surface area contributed by atoms with E-state index in [1.54, 1.807) is 0 Å². The zero-order chi connectivity index (χ0) is 13.9. The second-order valence-electron chi connectivity index (χ2n) is 4.26. The molecule has 0 atom stereocenters. The maximum absolute atomic E-state index is 6.06.